The van der Waals surface area contributed by atoms with Crippen molar-refractivity contribution in [3.8, 4) is 0 Å². The van der Waals surface area contributed by atoms with Crippen molar-refractivity contribution in [2.45, 2.75) is 37.6 Å². The van der Waals surface area contributed by atoms with E-state index in [4.69, 9.17) is 4.52 Å². The van der Waals surface area contributed by atoms with Crippen LogP contribution in [-0.2, 0) is 18.4 Å². The maximum absolute atomic E-state index is 11.7. The van der Waals surface area contributed by atoms with Gasteiger partial charge in [-0.3, -0.25) is 14.3 Å². The molecule has 4 rings (SSSR count). The minimum Gasteiger partial charge on any atom is -0.339 e. The molecule has 0 amide bonds. The number of pyridine rings is 1. The van der Waals surface area contributed by atoms with E-state index in [0.29, 0.717) is 18.9 Å². The highest BCUT2D eigenvalue weighted by atomic mass is 16.5. The lowest BCUT2D eigenvalue weighted by molar-refractivity contribution is 0.270. The Bertz CT molecular complexity index is 883. The summed E-state index contributed by atoms with van der Waals surface area (Å²) in [5, 5.41) is 4.21. The van der Waals surface area contributed by atoms with Crippen molar-refractivity contribution in [1.29, 1.82) is 0 Å². The van der Waals surface area contributed by atoms with Gasteiger partial charge < -0.3 is 4.52 Å². The van der Waals surface area contributed by atoms with Crippen LogP contribution in [0.3, 0.4) is 0 Å². The molecule has 3 aromatic heterocycles. The molecule has 24 heavy (non-hydrogen) atoms. The van der Waals surface area contributed by atoms with Crippen LogP contribution in [0.2, 0.25) is 0 Å². The monoisotopic (exact) mass is 323 g/mol. The van der Waals surface area contributed by atoms with Gasteiger partial charge in [0.1, 0.15) is 0 Å². The number of hydrogen-bond acceptors (Lipinski definition) is 6. The summed E-state index contributed by atoms with van der Waals surface area (Å²) in [5.41, 5.74) is 0.937. The summed E-state index contributed by atoms with van der Waals surface area (Å²) >= 11 is 0. The average molecular weight is 323 g/mol. The van der Waals surface area contributed by atoms with Gasteiger partial charge in [-0.2, -0.15) is 4.98 Å². The molecule has 1 aliphatic rings. The maximum atomic E-state index is 11.7. The van der Waals surface area contributed by atoms with Gasteiger partial charge in [-0.1, -0.05) is 11.6 Å². The first-order chi connectivity index (χ1) is 11.8. The van der Waals surface area contributed by atoms with E-state index in [1.165, 1.54) is 28.7 Å². The molecule has 0 aromatic carbocycles. The van der Waals surface area contributed by atoms with Crippen LogP contribution in [0.5, 0.6) is 0 Å². The fourth-order valence-electron chi connectivity index (χ4n) is 3.16. The van der Waals surface area contributed by atoms with Crippen molar-refractivity contribution in [3.63, 3.8) is 0 Å². The molecule has 0 atom stereocenters. The molecule has 0 radical (unpaired) electrons. The van der Waals surface area contributed by atoms with Gasteiger partial charge in [-0.25, -0.2) is 4.98 Å². The molecule has 3 heterocycles. The number of aromatic nitrogens is 5. The van der Waals surface area contributed by atoms with Gasteiger partial charge >= 0.3 is 0 Å². The van der Waals surface area contributed by atoms with Crippen molar-refractivity contribution in [3.05, 3.63) is 70.7 Å². The molecule has 1 aliphatic carbocycles. The quantitative estimate of drug-likeness (QED) is 0.711. The van der Waals surface area contributed by atoms with E-state index in [9.17, 15) is 4.79 Å². The van der Waals surface area contributed by atoms with Gasteiger partial charge in [-0.05, 0) is 30.5 Å². The third-order valence-electron chi connectivity index (χ3n) is 4.70. The first kappa shape index (κ1) is 14.7. The normalized spacial score (nSPS) is 15.8. The standard InChI is InChI=1S/C17H17N5O2/c23-15-4-10-19-12-22(15)11-5-14-20-16(21-24-14)17(6-1-7-17)13-2-8-18-9-3-13/h2-4,8-10,12H,1,5-7,11H2. The Morgan fingerprint density at radius 3 is 2.62 bits per heavy atom. The van der Waals surface area contributed by atoms with Crippen LogP contribution in [0, 0.1) is 0 Å². The summed E-state index contributed by atoms with van der Waals surface area (Å²) in [5.74, 6) is 1.27. The first-order valence-electron chi connectivity index (χ1n) is 8.02. The highest BCUT2D eigenvalue weighted by Crippen LogP contribution is 2.47. The Morgan fingerprint density at radius 1 is 1.12 bits per heavy atom. The summed E-state index contributed by atoms with van der Waals surface area (Å²) in [7, 11) is 0. The van der Waals surface area contributed by atoms with Crippen molar-refractivity contribution in [1.82, 2.24) is 24.7 Å². The van der Waals surface area contributed by atoms with E-state index >= 15 is 0 Å². The van der Waals surface area contributed by atoms with E-state index in [2.05, 4.69) is 20.1 Å². The van der Waals surface area contributed by atoms with Crippen LogP contribution < -0.4 is 5.56 Å². The molecule has 0 unspecified atom stereocenters. The third kappa shape index (κ3) is 2.51. The number of rotatable bonds is 5. The van der Waals surface area contributed by atoms with Crippen LogP contribution in [0.4, 0.5) is 0 Å². The summed E-state index contributed by atoms with van der Waals surface area (Å²) < 4.78 is 6.95. The summed E-state index contributed by atoms with van der Waals surface area (Å²) in [4.78, 5) is 24.3. The number of nitrogens with zero attached hydrogens (tertiary/aromatic N) is 5. The maximum Gasteiger partial charge on any atom is 0.253 e. The lowest BCUT2D eigenvalue weighted by atomic mass is 9.64. The second-order valence-corrected chi connectivity index (χ2v) is 6.05. The van der Waals surface area contributed by atoms with Gasteiger partial charge in [0.05, 0.1) is 11.7 Å². The Morgan fingerprint density at radius 2 is 1.92 bits per heavy atom. The molecule has 0 bridgehead atoms. The van der Waals surface area contributed by atoms with Gasteiger partial charge in [0.15, 0.2) is 5.82 Å². The molecule has 0 saturated heterocycles. The van der Waals surface area contributed by atoms with Crippen molar-refractivity contribution >= 4 is 0 Å². The summed E-state index contributed by atoms with van der Waals surface area (Å²) in [6, 6.07) is 5.47. The van der Waals surface area contributed by atoms with Gasteiger partial charge in [-0.15, -0.1) is 0 Å². The Labute approximate surface area is 138 Å². The molecule has 0 aliphatic heterocycles. The second kappa shape index (κ2) is 5.99. The summed E-state index contributed by atoms with van der Waals surface area (Å²) in [6.45, 7) is 0.469. The predicted octanol–water partition coefficient (Wildman–Crippen LogP) is 1.73. The van der Waals surface area contributed by atoms with Gasteiger partial charge in [0.25, 0.3) is 5.56 Å². The van der Waals surface area contributed by atoms with E-state index in [1.54, 1.807) is 12.4 Å². The number of aryl methyl sites for hydroxylation is 2. The molecule has 7 heteroatoms. The second-order valence-electron chi connectivity index (χ2n) is 6.05. The summed E-state index contributed by atoms with van der Waals surface area (Å²) in [6.07, 6.45) is 10.3. The lowest BCUT2D eigenvalue weighted by Crippen LogP contribution is -2.36. The SMILES string of the molecule is O=c1ccncn1CCc1nc(C2(c3ccncc3)CCC2)no1. The minimum atomic E-state index is -0.157. The van der Waals surface area contributed by atoms with Crippen molar-refractivity contribution in [2.24, 2.45) is 0 Å². The molecule has 7 nitrogen and oxygen atoms in total. The van der Waals surface area contributed by atoms with Crippen LogP contribution in [0.15, 0.2) is 52.4 Å². The first-order valence-corrected chi connectivity index (χ1v) is 8.02. The highest BCUT2D eigenvalue weighted by molar-refractivity contribution is 5.33. The molecular weight excluding hydrogens is 306 g/mol. The van der Waals surface area contributed by atoms with E-state index < -0.39 is 0 Å². The fourth-order valence-corrected chi connectivity index (χ4v) is 3.16. The van der Waals surface area contributed by atoms with Crippen LogP contribution in [0.1, 0.15) is 36.5 Å². The molecule has 1 fully saturated rings. The topological polar surface area (TPSA) is 86.7 Å². The van der Waals surface area contributed by atoms with Gasteiger partial charge in [0.2, 0.25) is 5.89 Å². The van der Waals surface area contributed by atoms with Crippen LogP contribution in [-0.4, -0.2) is 24.7 Å². The Balaban J connectivity index is 1.54. The molecule has 1 saturated carbocycles. The predicted molar refractivity (Wildman–Crippen MR) is 85.4 cm³/mol. The van der Waals surface area contributed by atoms with E-state index in [0.717, 1.165) is 25.1 Å². The highest BCUT2D eigenvalue weighted by Gasteiger charge is 2.44. The largest absolute Gasteiger partial charge is 0.339 e. The van der Waals surface area contributed by atoms with Crippen molar-refractivity contribution in [2.75, 3.05) is 0 Å². The van der Waals surface area contributed by atoms with Crippen LogP contribution in [0.25, 0.3) is 0 Å². The molecule has 0 N–H and O–H groups in total. The zero-order chi connectivity index (χ0) is 16.4. The zero-order valence-electron chi connectivity index (χ0n) is 13.1. The molecular formula is C17H17N5O2. The zero-order valence-corrected chi connectivity index (χ0v) is 13.1. The molecule has 0 spiro atoms. The molecule has 3 aromatic rings. The minimum absolute atomic E-state index is 0.0861. The van der Waals surface area contributed by atoms with E-state index in [1.807, 2.05) is 12.1 Å². The van der Waals surface area contributed by atoms with E-state index in [-0.39, 0.29) is 11.0 Å². The lowest BCUT2D eigenvalue weighted by Gasteiger charge is -2.39. The number of hydrogen-bond donors (Lipinski definition) is 0. The van der Waals surface area contributed by atoms with Crippen molar-refractivity contribution < 1.29 is 4.52 Å². The van der Waals surface area contributed by atoms with Gasteiger partial charge in [0, 0.05) is 37.6 Å². The fraction of sp³-hybridized carbons (Fsp3) is 0.353. The van der Waals surface area contributed by atoms with Crippen LogP contribution >= 0.6 is 0 Å². The Hall–Kier alpha value is -2.83. The third-order valence-corrected chi connectivity index (χ3v) is 4.70. The smallest absolute Gasteiger partial charge is 0.253 e. The Kier molecular flexibility index (Phi) is 3.68. The average Bonchev–Trinajstić information content (AvgIpc) is 3.03. The molecule has 122 valence electrons.